The van der Waals surface area contributed by atoms with Gasteiger partial charge in [-0.25, -0.2) is 9.97 Å². The van der Waals surface area contributed by atoms with Gasteiger partial charge in [-0.1, -0.05) is 39.0 Å². The van der Waals surface area contributed by atoms with Crippen molar-refractivity contribution in [1.82, 2.24) is 20.3 Å². The van der Waals surface area contributed by atoms with Crippen LogP contribution in [0.3, 0.4) is 0 Å². The van der Waals surface area contributed by atoms with E-state index in [9.17, 15) is 4.79 Å². The lowest BCUT2D eigenvalue weighted by Crippen LogP contribution is -2.30. The van der Waals surface area contributed by atoms with Gasteiger partial charge >= 0.3 is 0 Å². The third-order valence-electron chi connectivity index (χ3n) is 4.64. The maximum atomic E-state index is 12.7. The third kappa shape index (κ3) is 3.35. The molecule has 2 N–H and O–H groups in total. The molecule has 1 aliphatic heterocycles. The average Bonchev–Trinajstić information content (AvgIpc) is 3.10. The van der Waals surface area contributed by atoms with Crippen molar-refractivity contribution in [2.24, 2.45) is 10.4 Å². The highest BCUT2D eigenvalue weighted by Crippen LogP contribution is 2.27. The number of aromatic amines is 1. The van der Waals surface area contributed by atoms with Gasteiger partial charge in [0, 0.05) is 35.8 Å². The molecule has 0 bridgehead atoms. The minimum Gasteiger partial charge on any atom is -0.370 e. The molecule has 1 aromatic carbocycles. The van der Waals surface area contributed by atoms with Crippen LogP contribution in [0.1, 0.15) is 43.1 Å². The number of aromatic nitrogens is 3. The Labute approximate surface area is 158 Å². The molecule has 3 heterocycles. The molecule has 0 saturated carbocycles. The molecule has 138 valence electrons. The second-order valence-electron chi connectivity index (χ2n) is 7.83. The molecular formula is C21H23N5O. The number of ketones is 1. The van der Waals surface area contributed by atoms with Crippen molar-refractivity contribution in [2.75, 3.05) is 13.1 Å². The number of carbonyl (C=O) groups is 1. The van der Waals surface area contributed by atoms with E-state index < -0.39 is 5.41 Å². The molecule has 0 atom stereocenters. The van der Waals surface area contributed by atoms with Crippen LogP contribution >= 0.6 is 0 Å². The Balaban J connectivity index is 1.76. The molecule has 6 heteroatoms. The Morgan fingerprint density at radius 1 is 1.19 bits per heavy atom. The summed E-state index contributed by atoms with van der Waals surface area (Å²) < 4.78 is 0. The first-order chi connectivity index (χ1) is 12.9. The summed E-state index contributed by atoms with van der Waals surface area (Å²) in [5.74, 6) is 0.970. The SMILES string of the molecule is CC(C)(C)C(=O)c1c[nH]c2ncc(-c3cccc(C4=NCCCN4)c3)nc12. The number of rotatable bonds is 3. The molecule has 0 amide bonds. The minimum atomic E-state index is -0.475. The van der Waals surface area contributed by atoms with Crippen LogP contribution in [0.15, 0.2) is 41.7 Å². The Kier molecular flexibility index (Phi) is 4.26. The van der Waals surface area contributed by atoms with Gasteiger partial charge in [-0.15, -0.1) is 0 Å². The van der Waals surface area contributed by atoms with Crippen LogP contribution in [0.5, 0.6) is 0 Å². The second-order valence-corrected chi connectivity index (χ2v) is 7.83. The largest absolute Gasteiger partial charge is 0.370 e. The van der Waals surface area contributed by atoms with E-state index in [-0.39, 0.29) is 5.78 Å². The Morgan fingerprint density at radius 2 is 2.00 bits per heavy atom. The molecule has 0 spiro atoms. The summed E-state index contributed by atoms with van der Waals surface area (Å²) in [4.78, 5) is 29.6. The van der Waals surface area contributed by atoms with Crippen LogP contribution in [0.25, 0.3) is 22.4 Å². The summed E-state index contributed by atoms with van der Waals surface area (Å²) in [7, 11) is 0. The van der Waals surface area contributed by atoms with Gasteiger partial charge in [0.1, 0.15) is 11.4 Å². The van der Waals surface area contributed by atoms with Crippen molar-refractivity contribution in [3.05, 3.63) is 47.8 Å². The molecule has 0 aliphatic carbocycles. The Hall–Kier alpha value is -3.02. The van der Waals surface area contributed by atoms with Crippen molar-refractivity contribution in [2.45, 2.75) is 27.2 Å². The van der Waals surface area contributed by atoms with E-state index in [4.69, 9.17) is 4.98 Å². The maximum absolute atomic E-state index is 12.7. The van der Waals surface area contributed by atoms with Gasteiger partial charge in [-0.3, -0.25) is 9.79 Å². The fourth-order valence-corrected chi connectivity index (χ4v) is 3.16. The molecule has 0 radical (unpaired) electrons. The van der Waals surface area contributed by atoms with Gasteiger partial charge in [0.05, 0.1) is 17.5 Å². The quantitative estimate of drug-likeness (QED) is 0.698. The molecule has 0 saturated heterocycles. The number of hydrogen-bond acceptors (Lipinski definition) is 5. The number of fused-ring (bicyclic) bond motifs is 1. The highest BCUT2D eigenvalue weighted by atomic mass is 16.1. The molecule has 6 nitrogen and oxygen atoms in total. The molecule has 0 fully saturated rings. The fourth-order valence-electron chi connectivity index (χ4n) is 3.16. The zero-order chi connectivity index (χ0) is 19.0. The van der Waals surface area contributed by atoms with Crippen molar-refractivity contribution in [3.8, 4) is 11.3 Å². The molecule has 1 aliphatic rings. The molecule has 27 heavy (non-hydrogen) atoms. The summed E-state index contributed by atoms with van der Waals surface area (Å²) >= 11 is 0. The third-order valence-corrected chi connectivity index (χ3v) is 4.64. The van der Waals surface area contributed by atoms with Crippen LogP contribution in [0.2, 0.25) is 0 Å². The second kappa shape index (κ2) is 6.61. The van der Waals surface area contributed by atoms with E-state index in [1.54, 1.807) is 12.4 Å². The standard InChI is InChI=1S/C21H23N5O/c1-21(2,3)18(27)15-11-24-20-17(15)26-16(12-25-20)13-6-4-7-14(10-13)19-22-8-5-9-23-19/h4,6-7,10-12H,5,8-9H2,1-3H3,(H,22,23)(H,24,25). The number of hydrogen-bond donors (Lipinski definition) is 2. The van der Waals surface area contributed by atoms with Gasteiger partial charge in [0.15, 0.2) is 11.4 Å². The lowest BCUT2D eigenvalue weighted by molar-refractivity contribution is 0.0860. The van der Waals surface area contributed by atoms with Crippen LogP contribution in [-0.2, 0) is 0 Å². The minimum absolute atomic E-state index is 0.0507. The summed E-state index contributed by atoms with van der Waals surface area (Å²) in [6.45, 7) is 7.52. The van der Waals surface area contributed by atoms with Crippen molar-refractivity contribution >= 4 is 22.8 Å². The average molecular weight is 361 g/mol. The first-order valence-electron chi connectivity index (χ1n) is 9.21. The number of nitrogens with zero attached hydrogens (tertiary/aromatic N) is 3. The molecule has 3 aromatic rings. The Bertz CT molecular complexity index is 1040. The van der Waals surface area contributed by atoms with Crippen LogP contribution in [-0.4, -0.2) is 39.7 Å². The van der Waals surface area contributed by atoms with Crippen molar-refractivity contribution in [3.63, 3.8) is 0 Å². The smallest absolute Gasteiger partial charge is 0.171 e. The van der Waals surface area contributed by atoms with Gasteiger partial charge in [0.25, 0.3) is 0 Å². The van der Waals surface area contributed by atoms with E-state index >= 15 is 0 Å². The zero-order valence-corrected chi connectivity index (χ0v) is 15.8. The van der Waals surface area contributed by atoms with Gasteiger partial charge < -0.3 is 10.3 Å². The molecule has 4 rings (SSSR count). The number of H-pyrrole nitrogens is 1. The van der Waals surface area contributed by atoms with Crippen molar-refractivity contribution < 1.29 is 4.79 Å². The number of carbonyl (C=O) groups excluding carboxylic acids is 1. The predicted octanol–water partition coefficient (Wildman–Crippen LogP) is 3.59. The molecule has 2 aromatic heterocycles. The van der Waals surface area contributed by atoms with E-state index in [0.29, 0.717) is 16.7 Å². The zero-order valence-electron chi connectivity index (χ0n) is 15.8. The molecular weight excluding hydrogens is 338 g/mol. The first kappa shape index (κ1) is 17.4. The van der Waals surface area contributed by atoms with E-state index in [2.05, 4.69) is 26.3 Å². The van der Waals surface area contributed by atoms with Crippen LogP contribution in [0, 0.1) is 5.41 Å². The number of Topliss-reactive ketones (excluding diaryl/α,β-unsaturated/α-hetero) is 1. The topological polar surface area (TPSA) is 83.0 Å². The fraction of sp³-hybridized carbons (Fsp3) is 0.333. The maximum Gasteiger partial charge on any atom is 0.171 e. The monoisotopic (exact) mass is 361 g/mol. The summed E-state index contributed by atoms with van der Waals surface area (Å²) in [5, 5.41) is 3.34. The van der Waals surface area contributed by atoms with Crippen molar-refractivity contribution in [1.29, 1.82) is 0 Å². The van der Waals surface area contributed by atoms with Gasteiger partial charge in [-0.2, -0.15) is 0 Å². The lowest BCUT2D eigenvalue weighted by Gasteiger charge is -2.16. The number of benzene rings is 1. The first-order valence-corrected chi connectivity index (χ1v) is 9.21. The van der Waals surface area contributed by atoms with Gasteiger partial charge in [-0.05, 0) is 12.5 Å². The lowest BCUT2D eigenvalue weighted by atomic mass is 9.87. The summed E-state index contributed by atoms with van der Waals surface area (Å²) in [5.41, 5.74) is 4.08. The van der Waals surface area contributed by atoms with Gasteiger partial charge in [0.2, 0.25) is 0 Å². The number of aliphatic imine (C=N–C) groups is 1. The highest BCUT2D eigenvalue weighted by molar-refractivity contribution is 6.08. The normalized spacial score (nSPS) is 14.7. The predicted molar refractivity (Wildman–Crippen MR) is 107 cm³/mol. The van der Waals surface area contributed by atoms with Crippen LogP contribution < -0.4 is 5.32 Å². The highest BCUT2D eigenvalue weighted by Gasteiger charge is 2.26. The van der Waals surface area contributed by atoms with E-state index in [0.717, 1.165) is 42.2 Å². The van der Waals surface area contributed by atoms with E-state index in [1.165, 1.54) is 0 Å². The summed E-state index contributed by atoms with van der Waals surface area (Å²) in [6.07, 6.45) is 4.50. The Morgan fingerprint density at radius 3 is 2.74 bits per heavy atom. The number of amidine groups is 1. The van der Waals surface area contributed by atoms with Crippen LogP contribution in [0.4, 0.5) is 0 Å². The summed E-state index contributed by atoms with van der Waals surface area (Å²) in [6, 6.07) is 8.09. The van der Waals surface area contributed by atoms with E-state index in [1.807, 2.05) is 39.0 Å². The molecule has 0 unspecified atom stereocenters. The number of nitrogens with one attached hydrogen (secondary N) is 2.